The van der Waals surface area contributed by atoms with E-state index in [4.69, 9.17) is 4.99 Å². The summed E-state index contributed by atoms with van der Waals surface area (Å²) >= 11 is 0. The molecule has 1 spiro atoms. The normalized spacial score (nSPS) is 23.0. The third kappa shape index (κ3) is 4.57. The van der Waals surface area contributed by atoms with Gasteiger partial charge in [-0.25, -0.2) is 9.97 Å². The van der Waals surface area contributed by atoms with E-state index in [9.17, 15) is 0 Å². The Morgan fingerprint density at radius 1 is 1.07 bits per heavy atom. The number of likely N-dealkylation sites (tertiary alicyclic amines) is 1. The second kappa shape index (κ2) is 9.07. The van der Waals surface area contributed by atoms with Gasteiger partial charge in [-0.2, -0.15) is 0 Å². The molecule has 1 aliphatic carbocycles. The minimum Gasteiger partial charge on any atom is -0.357 e. The molecule has 1 aromatic rings. The Morgan fingerprint density at radius 3 is 2.54 bits per heavy atom. The lowest BCUT2D eigenvalue weighted by Gasteiger charge is -2.34. The Hall–Kier alpha value is -1.89. The van der Waals surface area contributed by atoms with Crippen LogP contribution in [0.4, 0.5) is 5.95 Å². The van der Waals surface area contributed by atoms with E-state index < -0.39 is 0 Å². The summed E-state index contributed by atoms with van der Waals surface area (Å²) in [6, 6.07) is 1.87. The summed E-state index contributed by atoms with van der Waals surface area (Å²) in [5.74, 6) is 1.98. The highest BCUT2D eigenvalue weighted by atomic mass is 15.3. The van der Waals surface area contributed by atoms with Crippen LogP contribution in [0.3, 0.4) is 0 Å². The molecule has 0 aromatic carbocycles. The zero-order chi connectivity index (χ0) is 19.2. The lowest BCUT2D eigenvalue weighted by molar-refractivity contribution is 0.263. The molecule has 1 saturated carbocycles. The van der Waals surface area contributed by atoms with Crippen molar-refractivity contribution in [2.75, 3.05) is 63.8 Å². The van der Waals surface area contributed by atoms with Crippen LogP contribution in [0.1, 0.15) is 39.0 Å². The van der Waals surface area contributed by atoms with E-state index in [0.717, 1.165) is 57.7 Å². The van der Waals surface area contributed by atoms with E-state index in [2.05, 4.69) is 36.9 Å². The van der Waals surface area contributed by atoms with Crippen molar-refractivity contribution in [1.82, 2.24) is 25.1 Å². The molecule has 1 N–H and O–H groups in total. The van der Waals surface area contributed by atoms with Crippen molar-refractivity contribution in [2.45, 2.75) is 39.0 Å². The second-order valence-electron chi connectivity index (χ2n) is 8.49. The molecule has 3 heterocycles. The van der Waals surface area contributed by atoms with Crippen molar-refractivity contribution in [3.8, 4) is 0 Å². The molecule has 7 nitrogen and oxygen atoms in total. The molecule has 2 saturated heterocycles. The van der Waals surface area contributed by atoms with Gasteiger partial charge in [0.05, 0.1) is 6.54 Å². The largest absolute Gasteiger partial charge is 0.357 e. The van der Waals surface area contributed by atoms with Gasteiger partial charge in [0.1, 0.15) is 0 Å². The van der Waals surface area contributed by atoms with E-state index >= 15 is 0 Å². The molecule has 2 aliphatic heterocycles. The molecule has 0 unspecified atom stereocenters. The Balaban J connectivity index is 1.25. The maximum Gasteiger partial charge on any atom is 0.225 e. The summed E-state index contributed by atoms with van der Waals surface area (Å²) in [4.78, 5) is 21.0. The molecule has 4 rings (SSSR count). The van der Waals surface area contributed by atoms with Crippen molar-refractivity contribution < 1.29 is 0 Å². The molecule has 3 aliphatic rings. The summed E-state index contributed by atoms with van der Waals surface area (Å²) < 4.78 is 0. The Kier molecular flexibility index (Phi) is 6.29. The van der Waals surface area contributed by atoms with Crippen LogP contribution in [0.2, 0.25) is 0 Å². The van der Waals surface area contributed by atoms with Crippen molar-refractivity contribution in [3.63, 3.8) is 0 Å². The second-order valence-corrected chi connectivity index (χ2v) is 8.49. The molecular formula is C21H35N7. The Labute approximate surface area is 169 Å². The summed E-state index contributed by atoms with van der Waals surface area (Å²) in [7, 11) is 0. The maximum absolute atomic E-state index is 4.97. The fourth-order valence-electron chi connectivity index (χ4n) is 5.00. The van der Waals surface area contributed by atoms with Gasteiger partial charge in [-0.05, 0) is 37.7 Å². The lowest BCUT2D eigenvalue weighted by Crippen LogP contribution is -2.48. The van der Waals surface area contributed by atoms with Crippen molar-refractivity contribution in [3.05, 3.63) is 18.5 Å². The van der Waals surface area contributed by atoms with E-state index in [0.29, 0.717) is 5.41 Å². The van der Waals surface area contributed by atoms with Gasteiger partial charge in [-0.15, -0.1) is 0 Å². The molecule has 0 atom stereocenters. The van der Waals surface area contributed by atoms with Crippen LogP contribution >= 0.6 is 0 Å². The fraction of sp³-hybridized carbons (Fsp3) is 0.762. The first-order valence-corrected chi connectivity index (χ1v) is 11.1. The summed E-state index contributed by atoms with van der Waals surface area (Å²) in [5.41, 5.74) is 0.589. The average Bonchev–Trinajstić information content (AvgIpc) is 3.38. The van der Waals surface area contributed by atoms with Crippen LogP contribution in [0, 0.1) is 5.41 Å². The van der Waals surface area contributed by atoms with Crippen LogP contribution in [0.25, 0.3) is 0 Å². The molecule has 0 bridgehead atoms. The first kappa shape index (κ1) is 19.4. The van der Waals surface area contributed by atoms with Gasteiger partial charge in [0.15, 0.2) is 5.96 Å². The van der Waals surface area contributed by atoms with E-state index in [1.165, 1.54) is 45.2 Å². The maximum atomic E-state index is 4.97. The third-order valence-corrected chi connectivity index (χ3v) is 6.62. The number of hydrogen-bond donors (Lipinski definition) is 1. The highest BCUT2D eigenvalue weighted by Crippen LogP contribution is 2.45. The number of guanidine groups is 1. The summed E-state index contributed by atoms with van der Waals surface area (Å²) in [6.07, 6.45) is 10.7. The molecule has 154 valence electrons. The lowest BCUT2D eigenvalue weighted by atomic mass is 9.86. The third-order valence-electron chi connectivity index (χ3n) is 6.62. The van der Waals surface area contributed by atoms with Crippen LogP contribution in [-0.4, -0.2) is 84.6 Å². The summed E-state index contributed by atoms with van der Waals surface area (Å²) in [5, 5.41) is 3.53. The zero-order valence-electron chi connectivity index (χ0n) is 17.3. The number of nitrogens with zero attached hydrogens (tertiary/aromatic N) is 6. The number of nitrogens with one attached hydrogen (secondary N) is 1. The Morgan fingerprint density at radius 2 is 1.82 bits per heavy atom. The minimum absolute atomic E-state index is 0.589. The monoisotopic (exact) mass is 385 g/mol. The van der Waals surface area contributed by atoms with Crippen LogP contribution in [-0.2, 0) is 0 Å². The van der Waals surface area contributed by atoms with Crippen molar-refractivity contribution in [1.29, 1.82) is 0 Å². The standard InChI is InChI=1S/C21H35N7/c1-2-22-19(28-12-8-21(18-28)6-3-4-7-21)25-11-13-26-14-16-27(17-15-26)20-23-9-5-10-24-20/h5,9-10H,2-4,6-8,11-18H2,1H3,(H,22,25). The van der Waals surface area contributed by atoms with Gasteiger partial charge < -0.3 is 15.1 Å². The van der Waals surface area contributed by atoms with Gasteiger partial charge in [0.2, 0.25) is 5.95 Å². The molecule has 7 heteroatoms. The summed E-state index contributed by atoms with van der Waals surface area (Å²) in [6.45, 7) is 11.5. The number of anilines is 1. The topological polar surface area (TPSA) is 59.9 Å². The SMILES string of the molecule is CCNC(=NCCN1CCN(c2ncccn2)CC1)N1CCC2(CCCC2)C1. The quantitative estimate of drug-likeness (QED) is 0.616. The van der Waals surface area contributed by atoms with Crippen LogP contribution in [0.5, 0.6) is 0 Å². The van der Waals surface area contributed by atoms with E-state index in [1.54, 1.807) is 0 Å². The Bertz CT molecular complexity index is 633. The van der Waals surface area contributed by atoms with Gasteiger partial charge in [-0.3, -0.25) is 9.89 Å². The molecular weight excluding hydrogens is 350 g/mol. The van der Waals surface area contributed by atoms with Crippen molar-refractivity contribution in [2.24, 2.45) is 10.4 Å². The first-order valence-electron chi connectivity index (χ1n) is 11.1. The van der Waals surface area contributed by atoms with E-state index in [-0.39, 0.29) is 0 Å². The zero-order valence-corrected chi connectivity index (χ0v) is 17.3. The first-order chi connectivity index (χ1) is 13.8. The number of piperazine rings is 1. The molecule has 1 aromatic heterocycles. The van der Waals surface area contributed by atoms with Crippen molar-refractivity contribution >= 4 is 11.9 Å². The predicted molar refractivity (Wildman–Crippen MR) is 114 cm³/mol. The molecule has 3 fully saturated rings. The van der Waals surface area contributed by atoms with Gasteiger partial charge in [0, 0.05) is 64.8 Å². The number of rotatable bonds is 5. The van der Waals surface area contributed by atoms with Crippen LogP contribution < -0.4 is 10.2 Å². The number of aliphatic imine (C=N–C) groups is 1. The molecule has 0 radical (unpaired) electrons. The van der Waals surface area contributed by atoms with Crippen LogP contribution in [0.15, 0.2) is 23.5 Å². The number of hydrogen-bond acceptors (Lipinski definition) is 5. The highest BCUT2D eigenvalue weighted by Gasteiger charge is 2.41. The average molecular weight is 386 g/mol. The van der Waals surface area contributed by atoms with E-state index in [1.807, 2.05) is 18.5 Å². The minimum atomic E-state index is 0.589. The predicted octanol–water partition coefficient (Wildman–Crippen LogP) is 1.83. The fourth-order valence-corrected chi connectivity index (χ4v) is 5.00. The van der Waals surface area contributed by atoms with Gasteiger partial charge in [-0.1, -0.05) is 12.8 Å². The van der Waals surface area contributed by atoms with Gasteiger partial charge in [0.25, 0.3) is 0 Å². The highest BCUT2D eigenvalue weighted by molar-refractivity contribution is 5.80. The molecule has 28 heavy (non-hydrogen) atoms. The smallest absolute Gasteiger partial charge is 0.225 e. The van der Waals surface area contributed by atoms with Gasteiger partial charge >= 0.3 is 0 Å². The number of aromatic nitrogens is 2. The molecule has 0 amide bonds.